The highest BCUT2D eigenvalue weighted by Crippen LogP contribution is 2.26. The predicted molar refractivity (Wildman–Crippen MR) is 81.1 cm³/mol. The molecule has 0 aliphatic carbocycles. The molecule has 0 aromatic carbocycles. The number of hydrogen-bond acceptors (Lipinski definition) is 7. The van der Waals surface area contributed by atoms with E-state index in [2.05, 4.69) is 15.3 Å². The summed E-state index contributed by atoms with van der Waals surface area (Å²) >= 11 is 0.984. The second kappa shape index (κ2) is 5.96. The third-order valence-corrected chi connectivity index (χ3v) is 5.28. The van der Waals surface area contributed by atoms with Crippen LogP contribution in [0.15, 0.2) is 16.6 Å². The zero-order valence-corrected chi connectivity index (χ0v) is 13.5. The lowest BCUT2D eigenvalue weighted by Crippen LogP contribution is -2.09. The number of anilines is 1. The molecule has 0 amide bonds. The van der Waals surface area contributed by atoms with Gasteiger partial charge in [-0.25, -0.2) is 18.5 Å². The van der Waals surface area contributed by atoms with Gasteiger partial charge in [0, 0.05) is 17.3 Å². The lowest BCUT2D eigenvalue weighted by atomic mass is 10.1. The Morgan fingerprint density at radius 2 is 2.05 bits per heavy atom. The number of aryl methyl sites for hydroxylation is 1. The Kier molecular flexibility index (Phi) is 4.45. The maximum atomic E-state index is 11.2. The minimum absolute atomic E-state index is 0.0242. The van der Waals surface area contributed by atoms with Gasteiger partial charge in [0.15, 0.2) is 9.34 Å². The Bertz CT molecular complexity index is 756. The third kappa shape index (κ3) is 3.49. The topological polar surface area (TPSA) is 107 Å². The molecule has 3 N–H and O–H groups in total. The van der Waals surface area contributed by atoms with Crippen LogP contribution in [-0.4, -0.2) is 25.5 Å². The molecule has 0 fully saturated rings. The van der Waals surface area contributed by atoms with Crippen molar-refractivity contribution >= 4 is 26.5 Å². The first-order chi connectivity index (χ1) is 9.82. The van der Waals surface area contributed by atoms with E-state index in [0.29, 0.717) is 11.7 Å². The maximum absolute atomic E-state index is 11.2. The molecule has 0 aliphatic rings. The number of thiazole rings is 1. The van der Waals surface area contributed by atoms with Gasteiger partial charge in [0.05, 0.1) is 25.5 Å². The van der Waals surface area contributed by atoms with Crippen LogP contribution in [0.4, 0.5) is 5.13 Å². The number of rotatable bonds is 5. The molecule has 21 heavy (non-hydrogen) atoms. The van der Waals surface area contributed by atoms with Crippen LogP contribution in [-0.2, 0) is 16.6 Å². The molecule has 0 saturated carbocycles. The van der Waals surface area contributed by atoms with E-state index in [1.807, 2.05) is 13.8 Å². The van der Waals surface area contributed by atoms with Crippen molar-refractivity contribution in [3.63, 3.8) is 0 Å². The van der Waals surface area contributed by atoms with E-state index < -0.39 is 10.0 Å². The maximum Gasteiger partial charge on any atom is 0.249 e. The second-order valence-corrected chi connectivity index (χ2v) is 7.25. The van der Waals surface area contributed by atoms with E-state index in [-0.39, 0.29) is 4.21 Å². The average Bonchev–Trinajstić information content (AvgIpc) is 2.87. The number of nitrogens with one attached hydrogen (secondary N) is 1. The molecule has 9 heteroatoms. The van der Waals surface area contributed by atoms with E-state index in [4.69, 9.17) is 9.88 Å². The molecule has 0 saturated heterocycles. The van der Waals surface area contributed by atoms with Gasteiger partial charge in [-0.15, -0.1) is 0 Å². The van der Waals surface area contributed by atoms with Gasteiger partial charge in [-0.05, 0) is 13.8 Å². The number of aromatic nitrogens is 2. The van der Waals surface area contributed by atoms with E-state index in [0.717, 1.165) is 33.9 Å². The van der Waals surface area contributed by atoms with Crippen molar-refractivity contribution in [3.05, 3.63) is 29.2 Å². The fourth-order valence-electron chi connectivity index (χ4n) is 1.88. The van der Waals surface area contributed by atoms with Gasteiger partial charge < -0.3 is 10.1 Å². The SMILES string of the molecule is COc1c(C)cnc(CNc2ncc(S(N)(=O)=O)s2)c1C. The summed E-state index contributed by atoms with van der Waals surface area (Å²) in [6.45, 7) is 4.27. The van der Waals surface area contributed by atoms with E-state index in [1.165, 1.54) is 6.20 Å². The van der Waals surface area contributed by atoms with Gasteiger partial charge in [-0.2, -0.15) is 0 Å². The standard InChI is InChI=1S/C12H16N4O3S2/c1-7-4-14-9(8(2)11(7)19-3)5-15-12-16-6-10(20-12)21(13,17)18/h4,6H,5H2,1-3H3,(H,15,16)(H2,13,17,18). The number of sulfonamides is 1. The van der Waals surface area contributed by atoms with Gasteiger partial charge in [0.25, 0.3) is 0 Å². The Labute approximate surface area is 127 Å². The second-order valence-electron chi connectivity index (χ2n) is 4.43. The number of hydrogen-bond donors (Lipinski definition) is 2. The molecule has 0 spiro atoms. The Morgan fingerprint density at radius 1 is 1.33 bits per heavy atom. The van der Waals surface area contributed by atoms with Gasteiger partial charge in [0.1, 0.15) is 5.75 Å². The van der Waals surface area contributed by atoms with Crippen LogP contribution in [0.2, 0.25) is 0 Å². The van der Waals surface area contributed by atoms with Crippen LogP contribution in [0, 0.1) is 13.8 Å². The molecule has 2 rings (SSSR count). The summed E-state index contributed by atoms with van der Waals surface area (Å²) in [5.74, 6) is 0.797. The number of nitrogens with zero attached hydrogens (tertiary/aromatic N) is 2. The molecule has 0 bridgehead atoms. The number of methoxy groups -OCH3 is 1. The molecule has 114 valence electrons. The number of pyridine rings is 1. The van der Waals surface area contributed by atoms with Crippen molar-refractivity contribution in [2.24, 2.45) is 5.14 Å². The molecular formula is C12H16N4O3S2. The summed E-state index contributed by atoms with van der Waals surface area (Å²) in [4.78, 5) is 8.33. The Hall–Kier alpha value is -1.71. The van der Waals surface area contributed by atoms with Crippen LogP contribution < -0.4 is 15.2 Å². The average molecular weight is 328 g/mol. The molecule has 2 aromatic heterocycles. The van der Waals surface area contributed by atoms with Gasteiger partial charge in [-0.3, -0.25) is 4.98 Å². The first kappa shape index (κ1) is 15.7. The minimum Gasteiger partial charge on any atom is -0.496 e. The summed E-state index contributed by atoms with van der Waals surface area (Å²) in [5, 5.41) is 8.55. The van der Waals surface area contributed by atoms with Crippen LogP contribution in [0.5, 0.6) is 5.75 Å². The Morgan fingerprint density at radius 3 is 2.62 bits per heavy atom. The predicted octanol–water partition coefficient (Wildman–Crippen LogP) is 1.42. The highest BCUT2D eigenvalue weighted by molar-refractivity contribution is 7.91. The molecule has 0 radical (unpaired) electrons. The largest absolute Gasteiger partial charge is 0.496 e. The molecule has 7 nitrogen and oxygen atoms in total. The highest BCUT2D eigenvalue weighted by Gasteiger charge is 2.13. The number of nitrogens with two attached hydrogens (primary N) is 1. The van der Waals surface area contributed by atoms with Crippen LogP contribution >= 0.6 is 11.3 Å². The minimum atomic E-state index is -3.71. The summed E-state index contributed by atoms with van der Waals surface area (Å²) in [5.41, 5.74) is 2.71. The lowest BCUT2D eigenvalue weighted by Gasteiger charge is -2.12. The molecular weight excluding hydrogens is 312 g/mol. The van der Waals surface area contributed by atoms with Gasteiger partial charge in [0.2, 0.25) is 10.0 Å². The molecule has 0 atom stereocenters. The third-order valence-electron chi connectivity index (χ3n) is 2.92. The van der Waals surface area contributed by atoms with Crippen molar-refractivity contribution in [1.82, 2.24) is 9.97 Å². The summed E-state index contributed by atoms with van der Waals surface area (Å²) in [7, 11) is -2.09. The van der Waals surface area contributed by atoms with Crippen LogP contribution in [0.1, 0.15) is 16.8 Å². The Balaban J connectivity index is 2.15. The van der Waals surface area contributed by atoms with Crippen molar-refractivity contribution < 1.29 is 13.2 Å². The van der Waals surface area contributed by atoms with Crippen molar-refractivity contribution in [2.75, 3.05) is 12.4 Å². The zero-order chi connectivity index (χ0) is 15.6. The fraction of sp³-hybridized carbons (Fsp3) is 0.333. The molecule has 2 heterocycles. The van der Waals surface area contributed by atoms with Crippen LogP contribution in [0.25, 0.3) is 0 Å². The van der Waals surface area contributed by atoms with Crippen molar-refractivity contribution in [2.45, 2.75) is 24.6 Å². The van der Waals surface area contributed by atoms with Crippen molar-refractivity contribution in [3.8, 4) is 5.75 Å². The number of primary sulfonamides is 1. The first-order valence-electron chi connectivity index (χ1n) is 6.04. The highest BCUT2D eigenvalue weighted by atomic mass is 32.2. The number of ether oxygens (including phenoxy) is 1. The van der Waals surface area contributed by atoms with E-state index in [1.54, 1.807) is 13.3 Å². The molecule has 0 aliphatic heterocycles. The first-order valence-corrected chi connectivity index (χ1v) is 8.40. The van der Waals surface area contributed by atoms with E-state index in [9.17, 15) is 8.42 Å². The molecule has 2 aromatic rings. The molecule has 0 unspecified atom stereocenters. The van der Waals surface area contributed by atoms with E-state index >= 15 is 0 Å². The lowest BCUT2D eigenvalue weighted by molar-refractivity contribution is 0.407. The quantitative estimate of drug-likeness (QED) is 0.859. The van der Waals surface area contributed by atoms with Crippen molar-refractivity contribution in [1.29, 1.82) is 0 Å². The summed E-state index contributed by atoms with van der Waals surface area (Å²) < 4.78 is 27.7. The van der Waals surface area contributed by atoms with Crippen LogP contribution in [0.3, 0.4) is 0 Å². The normalized spacial score (nSPS) is 11.4. The summed E-state index contributed by atoms with van der Waals surface area (Å²) in [6.07, 6.45) is 2.97. The zero-order valence-electron chi connectivity index (χ0n) is 11.9. The van der Waals surface area contributed by atoms with Gasteiger partial charge in [-0.1, -0.05) is 11.3 Å². The summed E-state index contributed by atoms with van der Waals surface area (Å²) in [6, 6.07) is 0. The van der Waals surface area contributed by atoms with Gasteiger partial charge >= 0.3 is 0 Å². The fourth-order valence-corrected chi connectivity index (χ4v) is 3.33. The smallest absolute Gasteiger partial charge is 0.249 e. The monoisotopic (exact) mass is 328 g/mol.